The molecule has 0 radical (unpaired) electrons. The molecule has 2 aromatic rings. The van der Waals surface area contributed by atoms with Gasteiger partial charge >= 0.3 is 0 Å². The van der Waals surface area contributed by atoms with E-state index in [1.54, 1.807) is 13.1 Å². The van der Waals surface area contributed by atoms with Gasteiger partial charge in [-0.05, 0) is 31.6 Å². The number of carbonyl (C=O) groups is 1. The lowest BCUT2D eigenvalue weighted by molar-refractivity contribution is -0.113. The van der Waals surface area contributed by atoms with E-state index in [9.17, 15) is 4.79 Å². The molecule has 0 aliphatic carbocycles. The fraction of sp³-hybridized carbons (Fsp3) is 0.368. The van der Waals surface area contributed by atoms with Gasteiger partial charge in [-0.25, -0.2) is 9.97 Å². The minimum absolute atomic E-state index is 0.0710. The molecule has 3 N–H and O–H groups in total. The Morgan fingerprint density at radius 2 is 2.00 bits per heavy atom. The maximum Gasteiger partial charge on any atom is 0.230 e. The van der Waals surface area contributed by atoms with Crippen LogP contribution in [0.2, 0.25) is 0 Å². The van der Waals surface area contributed by atoms with Crippen LogP contribution in [-0.2, 0) is 4.79 Å². The zero-order valence-corrected chi connectivity index (χ0v) is 15.5. The summed E-state index contributed by atoms with van der Waals surface area (Å²) < 4.78 is 0. The summed E-state index contributed by atoms with van der Waals surface area (Å²) in [6.45, 7) is 7.97. The first-order valence-corrected chi connectivity index (χ1v) is 9.12. The zero-order valence-electron chi connectivity index (χ0n) is 15.5. The van der Waals surface area contributed by atoms with Gasteiger partial charge in [-0.15, -0.1) is 0 Å². The lowest BCUT2D eigenvalue weighted by Gasteiger charge is -2.29. The lowest BCUT2D eigenvalue weighted by atomic mass is 9.97. The Hall–Kier alpha value is -3.00. The van der Waals surface area contributed by atoms with Crippen molar-refractivity contribution in [1.29, 1.82) is 0 Å². The standard InChI is InChI=1S/C19H23N7O/c1-12-15(13(2)27)10-22-18-16(12)11-23-19(25-18)24-17-4-3-14(9-21-17)26-7-5-20-6-8-26/h3-4,9,11,20H,5-8,10H2,1-2H3,(H2,21,22,23,24,25). The van der Waals surface area contributed by atoms with Gasteiger partial charge in [0.25, 0.3) is 0 Å². The highest BCUT2D eigenvalue weighted by Gasteiger charge is 2.20. The number of rotatable bonds is 4. The zero-order chi connectivity index (χ0) is 18.8. The maximum atomic E-state index is 11.7. The van der Waals surface area contributed by atoms with Gasteiger partial charge in [0.05, 0.1) is 11.9 Å². The second kappa shape index (κ2) is 7.32. The third-order valence-electron chi connectivity index (χ3n) is 4.97. The van der Waals surface area contributed by atoms with Crippen LogP contribution in [0.25, 0.3) is 5.57 Å². The molecule has 8 heteroatoms. The van der Waals surface area contributed by atoms with E-state index < -0.39 is 0 Å². The summed E-state index contributed by atoms with van der Waals surface area (Å²) in [4.78, 5) is 27.4. The second-order valence-corrected chi connectivity index (χ2v) is 6.73. The topological polar surface area (TPSA) is 95.1 Å². The largest absolute Gasteiger partial charge is 0.368 e. The average Bonchev–Trinajstić information content (AvgIpc) is 2.69. The first-order chi connectivity index (χ1) is 13.1. The smallest absolute Gasteiger partial charge is 0.230 e. The lowest BCUT2D eigenvalue weighted by Crippen LogP contribution is -2.43. The normalized spacial score (nSPS) is 16.6. The Kier molecular flexibility index (Phi) is 4.72. The summed E-state index contributed by atoms with van der Waals surface area (Å²) in [6, 6.07) is 4.00. The van der Waals surface area contributed by atoms with Gasteiger partial charge in [0.15, 0.2) is 5.78 Å². The van der Waals surface area contributed by atoms with Crippen LogP contribution in [0.3, 0.4) is 0 Å². The first-order valence-electron chi connectivity index (χ1n) is 9.12. The van der Waals surface area contributed by atoms with E-state index in [-0.39, 0.29) is 5.78 Å². The van der Waals surface area contributed by atoms with Crippen molar-refractivity contribution in [2.75, 3.05) is 48.3 Å². The van der Waals surface area contributed by atoms with Crippen molar-refractivity contribution in [3.8, 4) is 0 Å². The molecule has 0 aromatic carbocycles. The van der Waals surface area contributed by atoms with Gasteiger partial charge in [-0.2, -0.15) is 4.98 Å². The Bertz CT molecular complexity index is 885. The molecule has 4 rings (SSSR count). The van der Waals surface area contributed by atoms with Crippen LogP contribution >= 0.6 is 0 Å². The molecule has 1 fully saturated rings. The molecule has 0 atom stereocenters. The molecular formula is C19H23N7O. The molecule has 0 bridgehead atoms. The van der Waals surface area contributed by atoms with Crippen LogP contribution < -0.4 is 20.9 Å². The number of nitrogens with zero attached hydrogens (tertiary/aromatic N) is 4. The molecule has 2 aliphatic rings. The fourth-order valence-corrected chi connectivity index (χ4v) is 3.39. The van der Waals surface area contributed by atoms with Crippen LogP contribution in [0, 0.1) is 0 Å². The van der Waals surface area contributed by atoms with Gasteiger partial charge in [0.1, 0.15) is 11.6 Å². The van der Waals surface area contributed by atoms with Gasteiger partial charge in [0, 0.05) is 50.1 Å². The maximum absolute atomic E-state index is 11.7. The van der Waals surface area contributed by atoms with Gasteiger partial charge in [-0.3, -0.25) is 4.79 Å². The molecule has 27 heavy (non-hydrogen) atoms. The number of nitrogens with one attached hydrogen (secondary N) is 3. The highest BCUT2D eigenvalue weighted by molar-refractivity contribution is 6.03. The summed E-state index contributed by atoms with van der Waals surface area (Å²) >= 11 is 0. The number of hydrogen-bond acceptors (Lipinski definition) is 8. The molecule has 0 spiro atoms. The number of pyridine rings is 1. The molecule has 2 aromatic heterocycles. The third kappa shape index (κ3) is 3.61. The molecule has 4 heterocycles. The van der Waals surface area contributed by atoms with E-state index >= 15 is 0 Å². The summed E-state index contributed by atoms with van der Waals surface area (Å²) in [7, 11) is 0. The summed E-state index contributed by atoms with van der Waals surface area (Å²) in [6.07, 6.45) is 3.61. The van der Waals surface area contributed by atoms with Gasteiger partial charge in [-0.1, -0.05) is 0 Å². The van der Waals surface area contributed by atoms with Crippen molar-refractivity contribution in [1.82, 2.24) is 20.3 Å². The van der Waals surface area contributed by atoms with Crippen LogP contribution in [-0.4, -0.2) is 53.5 Å². The van der Waals surface area contributed by atoms with E-state index in [0.29, 0.717) is 18.3 Å². The third-order valence-corrected chi connectivity index (χ3v) is 4.97. The Morgan fingerprint density at radius 3 is 2.70 bits per heavy atom. The van der Waals surface area contributed by atoms with Crippen LogP contribution in [0.15, 0.2) is 30.1 Å². The van der Waals surface area contributed by atoms with Crippen LogP contribution in [0.5, 0.6) is 0 Å². The van der Waals surface area contributed by atoms with Crippen molar-refractivity contribution in [3.05, 3.63) is 35.7 Å². The molecule has 0 amide bonds. The van der Waals surface area contributed by atoms with E-state index in [2.05, 4.69) is 41.9 Å². The molecule has 8 nitrogen and oxygen atoms in total. The number of ketones is 1. The number of allylic oxidation sites excluding steroid dienone is 1. The SMILES string of the molecule is CC(=O)C1=C(C)c2cnc(Nc3ccc(N4CCNCC4)cn3)nc2NC1. The Balaban J connectivity index is 1.50. The number of anilines is 4. The number of piperazine rings is 1. The predicted octanol–water partition coefficient (Wildman–Crippen LogP) is 1.81. The fourth-order valence-electron chi connectivity index (χ4n) is 3.39. The quantitative estimate of drug-likeness (QED) is 0.755. The predicted molar refractivity (Wildman–Crippen MR) is 106 cm³/mol. The van der Waals surface area contributed by atoms with Crippen molar-refractivity contribution in [2.45, 2.75) is 13.8 Å². The molecule has 0 saturated carbocycles. The van der Waals surface area contributed by atoms with Crippen molar-refractivity contribution < 1.29 is 4.79 Å². The van der Waals surface area contributed by atoms with Gasteiger partial charge in [0.2, 0.25) is 5.95 Å². The minimum atomic E-state index is 0.0710. The number of aromatic nitrogens is 3. The number of fused-ring (bicyclic) bond motifs is 1. The first kappa shape index (κ1) is 17.4. The van der Waals surface area contributed by atoms with Crippen LogP contribution in [0.4, 0.5) is 23.3 Å². The van der Waals surface area contributed by atoms with Crippen molar-refractivity contribution in [2.24, 2.45) is 0 Å². The monoisotopic (exact) mass is 365 g/mol. The molecule has 0 unspecified atom stereocenters. The van der Waals surface area contributed by atoms with Crippen molar-refractivity contribution >= 4 is 34.6 Å². The minimum Gasteiger partial charge on any atom is -0.368 e. The van der Waals surface area contributed by atoms with Gasteiger partial charge < -0.3 is 20.9 Å². The number of hydrogen-bond donors (Lipinski definition) is 3. The second-order valence-electron chi connectivity index (χ2n) is 6.73. The highest BCUT2D eigenvalue weighted by Crippen LogP contribution is 2.30. The van der Waals surface area contributed by atoms with E-state index in [1.165, 1.54) is 0 Å². The molecule has 2 aliphatic heterocycles. The summed E-state index contributed by atoms with van der Waals surface area (Å²) in [5, 5.41) is 9.69. The Labute approximate surface area is 158 Å². The van der Waals surface area contributed by atoms with E-state index in [1.807, 2.05) is 19.2 Å². The summed E-state index contributed by atoms with van der Waals surface area (Å²) in [5.41, 5.74) is 3.69. The Morgan fingerprint density at radius 1 is 1.19 bits per heavy atom. The molecular weight excluding hydrogens is 342 g/mol. The van der Waals surface area contributed by atoms with E-state index in [4.69, 9.17) is 0 Å². The van der Waals surface area contributed by atoms with E-state index in [0.717, 1.165) is 54.4 Å². The molecule has 1 saturated heterocycles. The number of carbonyl (C=O) groups excluding carboxylic acids is 1. The van der Waals surface area contributed by atoms with Crippen molar-refractivity contribution in [3.63, 3.8) is 0 Å². The van der Waals surface area contributed by atoms with Crippen LogP contribution in [0.1, 0.15) is 19.4 Å². The average molecular weight is 365 g/mol. The highest BCUT2D eigenvalue weighted by atomic mass is 16.1. The number of Topliss-reactive ketones (excluding diaryl/α,β-unsaturated/α-hetero) is 1. The molecule has 140 valence electrons. The summed E-state index contributed by atoms with van der Waals surface area (Å²) in [5.74, 6) is 1.97.